The van der Waals surface area contributed by atoms with Gasteiger partial charge in [-0.3, -0.25) is 9.59 Å². The minimum Gasteiger partial charge on any atom is -0.465 e. The van der Waals surface area contributed by atoms with Crippen molar-refractivity contribution in [1.29, 1.82) is 0 Å². The lowest BCUT2D eigenvalue weighted by molar-refractivity contribution is -0.143. The highest BCUT2D eigenvalue weighted by Gasteiger charge is 2.16. The molecule has 4 rings (SSSR count). The molecule has 3 aromatic rings. The van der Waals surface area contributed by atoms with Crippen molar-refractivity contribution in [2.24, 2.45) is 4.99 Å². The minimum absolute atomic E-state index is 0.0348. The van der Waals surface area contributed by atoms with Gasteiger partial charge >= 0.3 is 5.97 Å². The molecule has 156 valence electrons. The first-order chi connectivity index (χ1) is 14.5. The van der Waals surface area contributed by atoms with E-state index < -0.39 is 0 Å². The highest BCUT2D eigenvalue weighted by Crippen LogP contribution is 2.25. The number of aryl methyl sites for hydroxylation is 4. The Morgan fingerprint density at radius 3 is 2.63 bits per heavy atom. The molecule has 2 aromatic carbocycles. The van der Waals surface area contributed by atoms with Crippen LogP contribution in [0.25, 0.3) is 10.2 Å². The first kappa shape index (κ1) is 20.5. The standard InChI is InChI=1S/C24H26N2O3S/c1-4-29-21(27)14-26-20-12-15(2)11-16(3)22(20)30-24(26)25-23(28)19-10-9-17-7-5-6-8-18(17)13-19/h9-13H,4-8,14H2,1-3H3. The number of fused-ring (bicyclic) bond motifs is 2. The van der Waals surface area contributed by atoms with Crippen LogP contribution in [0.5, 0.6) is 0 Å². The Labute approximate surface area is 180 Å². The summed E-state index contributed by atoms with van der Waals surface area (Å²) in [5, 5.41) is 0. The van der Waals surface area contributed by atoms with Crippen LogP contribution in [0.3, 0.4) is 0 Å². The zero-order valence-electron chi connectivity index (χ0n) is 17.7. The highest BCUT2D eigenvalue weighted by atomic mass is 32.1. The van der Waals surface area contributed by atoms with E-state index in [1.165, 1.54) is 28.9 Å². The van der Waals surface area contributed by atoms with Gasteiger partial charge in [-0.25, -0.2) is 0 Å². The van der Waals surface area contributed by atoms with Crippen molar-refractivity contribution < 1.29 is 14.3 Å². The van der Waals surface area contributed by atoms with Crippen LogP contribution in [0.1, 0.15) is 52.4 Å². The molecule has 0 unspecified atom stereocenters. The molecule has 30 heavy (non-hydrogen) atoms. The van der Waals surface area contributed by atoms with Crippen LogP contribution in [0.2, 0.25) is 0 Å². The van der Waals surface area contributed by atoms with Crippen LogP contribution in [-0.4, -0.2) is 23.1 Å². The van der Waals surface area contributed by atoms with Gasteiger partial charge in [0.05, 0.1) is 16.8 Å². The molecule has 1 amide bonds. The number of hydrogen-bond donors (Lipinski definition) is 0. The van der Waals surface area contributed by atoms with Crippen molar-refractivity contribution in [2.75, 3.05) is 6.61 Å². The van der Waals surface area contributed by atoms with Gasteiger partial charge in [-0.2, -0.15) is 4.99 Å². The maximum absolute atomic E-state index is 13.0. The van der Waals surface area contributed by atoms with Gasteiger partial charge in [-0.15, -0.1) is 0 Å². The predicted molar refractivity (Wildman–Crippen MR) is 119 cm³/mol. The molecule has 0 bridgehead atoms. The van der Waals surface area contributed by atoms with Crippen LogP contribution in [-0.2, 0) is 28.9 Å². The summed E-state index contributed by atoms with van der Waals surface area (Å²) in [6.45, 7) is 6.20. The molecule has 5 nitrogen and oxygen atoms in total. The number of nitrogens with zero attached hydrogens (tertiary/aromatic N) is 2. The molecular weight excluding hydrogens is 396 g/mol. The lowest BCUT2D eigenvalue weighted by Crippen LogP contribution is -2.23. The second kappa shape index (κ2) is 8.56. The normalized spacial score (nSPS) is 14.0. The molecule has 0 aliphatic heterocycles. The number of aromatic nitrogens is 1. The van der Waals surface area contributed by atoms with Gasteiger partial charge < -0.3 is 9.30 Å². The Kier molecular flexibility index (Phi) is 5.86. The third-order valence-electron chi connectivity index (χ3n) is 5.50. The maximum atomic E-state index is 13.0. The molecule has 6 heteroatoms. The number of benzene rings is 2. The van der Waals surface area contributed by atoms with Crippen molar-refractivity contribution in [3.8, 4) is 0 Å². The van der Waals surface area contributed by atoms with E-state index in [9.17, 15) is 9.59 Å². The van der Waals surface area contributed by atoms with Crippen LogP contribution in [0, 0.1) is 13.8 Å². The number of thiazole rings is 1. The lowest BCUT2D eigenvalue weighted by Gasteiger charge is -2.15. The SMILES string of the molecule is CCOC(=O)Cn1c(=NC(=O)c2ccc3c(c2)CCCC3)sc2c(C)cc(C)cc21. The van der Waals surface area contributed by atoms with Crippen molar-refractivity contribution >= 4 is 33.4 Å². The minimum atomic E-state index is -0.334. The van der Waals surface area contributed by atoms with E-state index in [-0.39, 0.29) is 18.4 Å². The largest absolute Gasteiger partial charge is 0.465 e. The van der Waals surface area contributed by atoms with Gasteiger partial charge in [0.15, 0.2) is 4.80 Å². The number of amides is 1. The monoisotopic (exact) mass is 422 g/mol. The number of hydrogen-bond acceptors (Lipinski definition) is 4. The highest BCUT2D eigenvalue weighted by molar-refractivity contribution is 7.16. The number of carbonyl (C=O) groups excluding carboxylic acids is 2. The third kappa shape index (κ3) is 4.10. The van der Waals surface area contributed by atoms with Crippen LogP contribution in [0.15, 0.2) is 35.3 Å². The molecule has 0 saturated heterocycles. The summed E-state index contributed by atoms with van der Waals surface area (Å²) in [6.07, 6.45) is 4.46. The molecule has 0 radical (unpaired) electrons. The summed E-state index contributed by atoms with van der Waals surface area (Å²) in [7, 11) is 0. The zero-order chi connectivity index (χ0) is 21.3. The second-order valence-electron chi connectivity index (χ2n) is 7.81. The molecule has 1 aliphatic rings. The maximum Gasteiger partial charge on any atom is 0.326 e. The van der Waals surface area contributed by atoms with E-state index in [1.54, 1.807) is 11.5 Å². The van der Waals surface area contributed by atoms with E-state index in [0.29, 0.717) is 17.0 Å². The number of carbonyl (C=O) groups is 2. The summed E-state index contributed by atoms with van der Waals surface area (Å²) in [4.78, 5) is 30.2. The van der Waals surface area contributed by atoms with Gasteiger partial charge in [0.2, 0.25) is 0 Å². The fraction of sp³-hybridized carbons (Fsp3) is 0.375. The van der Waals surface area contributed by atoms with Gasteiger partial charge in [0.1, 0.15) is 6.54 Å². The van der Waals surface area contributed by atoms with Crippen LogP contribution >= 0.6 is 11.3 Å². The molecule has 0 atom stereocenters. The van der Waals surface area contributed by atoms with Gasteiger partial charge in [0.25, 0.3) is 5.91 Å². The summed E-state index contributed by atoms with van der Waals surface area (Å²) >= 11 is 1.44. The van der Waals surface area contributed by atoms with Crippen molar-refractivity contribution in [3.63, 3.8) is 0 Å². The van der Waals surface area contributed by atoms with Crippen molar-refractivity contribution in [2.45, 2.75) is 53.0 Å². The van der Waals surface area contributed by atoms with E-state index >= 15 is 0 Å². The summed E-state index contributed by atoms with van der Waals surface area (Å²) < 4.78 is 7.98. The quantitative estimate of drug-likeness (QED) is 0.582. The van der Waals surface area contributed by atoms with Crippen molar-refractivity contribution in [1.82, 2.24) is 4.57 Å². The van der Waals surface area contributed by atoms with Gasteiger partial charge in [-0.05, 0) is 86.9 Å². The average molecular weight is 423 g/mol. The second-order valence-corrected chi connectivity index (χ2v) is 8.79. The number of esters is 1. The van der Waals surface area contributed by atoms with Crippen LogP contribution < -0.4 is 4.80 Å². The summed E-state index contributed by atoms with van der Waals surface area (Å²) in [5.41, 5.74) is 6.30. The number of rotatable bonds is 4. The van der Waals surface area contributed by atoms with Gasteiger partial charge in [-0.1, -0.05) is 23.5 Å². The van der Waals surface area contributed by atoms with E-state index in [0.717, 1.165) is 40.6 Å². The predicted octanol–water partition coefficient (Wildman–Crippen LogP) is 4.50. The van der Waals surface area contributed by atoms with Crippen LogP contribution in [0.4, 0.5) is 0 Å². The summed E-state index contributed by atoms with van der Waals surface area (Å²) in [6, 6.07) is 10.0. The first-order valence-corrected chi connectivity index (χ1v) is 11.2. The third-order valence-corrected chi connectivity index (χ3v) is 6.73. The first-order valence-electron chi connectivity index (χ1n) is 10.4. The van der Waals surface area contributed by atoms with Crippen molar-refractivity contribution in [3.05, 3.63) is 63.0 Å². The molecule has 0 spiro atoms. The topological polar surface area (TPSA) is 60.7 Å². The fourth-order valence-corrected chi connectivity index (χ4v) is 5.18. The summed E-state index contributed by atoms with van der Waals surface area (Å²) in [5.74, 6) is -0.610. The molecule has 0 N–H and O–H groups in total. The number of ether oxygens (including phenoxy) is 1. The van der Waals surface area contributed by atoms with E-state index in [4.69, 9.17) is 4.74 Å². The molecule has 1 aromatic heterocycles. The lowest BCUT2D eigenvalue weighted by atomic mass is 9.90. The molecule has 1 heterocycles. The van der Waals surface area contributed by atoms with Gasteiger partial charge in [0, 0.05) is 5.56 Å². The molecule has 1 aliphatic carbocycles. The Balaban J connectivity index is 1.80. The Hall–Kier alpha value is -2.73. The molecule has 0 saturated carbocycles. The molecule has 0 fully saturated rings. The molecular formula is C24H26N2O3S. The van der Waals surface area contributed by atoms with E-state index in [2.05, 4.69) is 17.1 Å². The Bertz CT molecular complexity index is 1200. The van der Waals surface area contributed by atoms with E-state index in [1.807, 2.05) is 32.0 Å². The smallest absolute Gasteiger partial charge is 0.326 e. The zero-order valence-corrected chi connectivity index (χ0v) is 18.5. The Morgan fingerprint density at radius 1 is 1.10 bits per heavy atom. The Morgan fingerprint density at radius 2 is 1.87 bits per heavy atom. The fourth-order valence-electron chi connectivity index (χ4n) is 4.10. The average Bonchev–Trinajstić information content (AvgIpc) is 3.05.